The van der Waals surface area contributed by atoms with E-state index in [1.807, 2.05) is 7.05 Å². The average molecular weight is 290 g/mol. The van der Waals surface area contributed by atoms with E-state index in [4.69, 9.17) is 0 Å². The monoisotopic (exact) mass is 289 g/mol. The Morgan fingerprint density at radius 3 is 2.93 bits per heavy atom. The summed E-state index contributed by atoms with van der Waals surface area (Å²) in [7, 11) is 1.83. The van der Waals surface area contributed by atoms with Crippen molar-refractivity contribution < 1.29 is 0 Å². The second kappa shape index (κ2) is 6.33. The summed E-state index contributed by atoms with van der Waals surface area (Å²) >= 11 is 5.23. The van der Waals surface area contributed by atoms with Gasteiger partial charge in [-0.15, -0.1) is 11.8 Å². The normalized spacial score (nSPS) is 12.5. The molecule has 0 spiro atoms. The third kappa shape index (κ3) is 3.99. The lowest BCUT2D eigenvalue weighted by Crippen LogP contribution is -2.00. The van der Waals surface area contributed by atoms with Crippen molar-refractivity contribution in [3.63, 3.8) is 0 Å². The highest BCUT2D eigenvalue weighted by Crippen LogP contribution is 2.27. The van der Waals surface area contributed by atoms with Crippen molar-refractivity contribution in [2.24, 2.45) is 5.92 Å². The Morgan fingerprint density at radius 1 is 1.60 bits per heavy atom. The summed E-state index contributed by atoms with van der Waals surface area (Å²) in [5, 5.41) is 3.95. The quantitative estimate of drug-likeness (QED) is 0.666. The fourth-order valence-electron chi connectivity index (χ4n) is 0.912. The highest BCUT2D eigenvalue weighted by atomic mass is 79.9. The molecule has 1 aromatic heterocycles. The fraction of sp³-hybridized carbons (Fsp3) is 0.600. The van der Waals surface area contributed by atoms with E-state index < -0.39 is 0 Å². The molecule has 84 valence electrons. The van der Waals surface area contributed by atoms with Gasteiger partial charge in [-0.25, -0.2) is 9.97 Å². The molecule has 1 aromatic rings. The largest absolute Gasteiger partial charge is 0.357 e. The smallest absolute Gasteiger partial charge is 0.223 e. The zero-order chi connectivity index (χ0) is 11.3. The minimum absolute atomic E-state index is 0.671. The first-order valence-corrected chi connectivity index (χ1v) is 6.78. The summed E-state index contributed by atoms with van der Waals surface area (Å²) in [4.78, 5) is 8.51. The van der Waals surface area contributed by atoms with E-state index in [2.05, 4.69) is 45.1 Å². The molecule has 1 heterocycles. The summed E-state index contributed by atoms with van der Waals surface area (Å²) in [5.41, 5.74) is 0. The Hall–Kier alpha value is -0.290. The number of hydrogen-bond acceptors (Lipinski definition) is 4. The molecular weight excluding hydrogens is 274 g/mol. The summed E-state index contributed by atoms with van der Waals surface area (Å²) in [6.45, 7) is 4.46. The van der Waals surface area contributed by atoms with Crippen LogP contribution < -0.4 is 5.32 Å². The van der Waals surface area contributed by atoms with Gasteiger partial charge in [0.2, 0.25) is 5.95 Å². The van der Waals surface area contributed by atoms with Crippen LogP contribution in [0.15, 0.2) is 15.7 Å². The van der Waals surface area contributed by atoms with E-state index in [0.717, 1.165) is 21.2 Å². The number of anilines is 1. The number of nitrogens with zero attached hydrogens (tertiary/aromatic N) is 2. The van der Waals surface area contributed by atoms with Crippen molar-refractivity contribution in [1.29, 1.82) is 0 Å². The zero-order valence-corrected chi connectivity index (χ0v) is 11.7. The maximum atomic E-state index is 4.39. The number of halogens is 1. The minimum Gasteiger partial charge on any atom is -0.357 e. The molecule has 0 bridgehead atoms. The van der Waals surface area contributed by atoms with Crippen molar-refractivity contribution in [2.75, 3.05) is 18.1 Å². The van der Waals surface area contributed by atoms with Crippen molar-refractivity contribution >= 4 is 33.6 Å². The summed E-state index contributed by atoms with van der Waals surface area (Å²) in [6.07, 6.45) is 2.99. The molecule has 0 fully saturated rings. The number of hydrogen-bond donors (Lipinski definition) is 1. The number of nitrogens with one attached hydrogen (secondary N) is 1. The highest BCUT2D eigenvalue weighted by Gasteiger charge is 2.07. The van der Waals surface area contributed by atoms with Crippen LogP contribution in [-0.2, 0) is 0 Å². The third-order valence-corrected chi connectivity index (χ3v) is 4.30. The molecule has 3 nitrogen and oxygen atoms in total. The lowest BCUT2D eigenvalue weighted by atomic mass is 10.2. The fourth-order valence-corrected chi connectivity index (χ4v) is 2.47. The first-order chi connectivity index (χ1) is 7.17. The average Bonchev–Trinajstić information content (AvgIpc) is 2.27. The predicted molar refractivity (Wildman–Crippen MR) is 69.5 cm³/mol. The van der Waals surface area contributed by atoms with Crippen LogP contribution in [0, 0.1) is 5.92 Å². The van der Waals surface area contributed by atoms with Crippen LogP contribution in [0.3, 0.4) is 0 Å². The summed E-state index contributed by atoms with van der Waals surface area (Å²) in [6, 6.07) is 0. The van der Waals surface area contributed by atoms with Crippen molar-refractivity contribution in [2.45, 2.75) is 25.3 Å². The molecule has 0 saturated heterocycles. The number of rotatable bonds is 5. The molecular formula is C10H16BrN3S. The lowest BCUT2D eigenvalue weighted by molar-refractivity contribution is 0.636. The van der Waals surface area contributed by atoms with Gasteiger partial charge in [-0.05, 0) is 21.8 Å². The molecule has 1 rings (SSSR count). The van der Waals surface area contributed by atoms with E-state index in [1.54, 1.807) is 18.0 Å². The molecule has 0 aromatic carbocycles. The summed E-state index contributed by atoms with van der Waals surface area (Å²) < 4.78 is 0.967. The van der Waals surface area contributed by atoms with Gasteiger partial charge in [0.1, 0.15) is 5.03 Å². The van der Waals surface area contributed by atoms with E-state index in [1.165, 1.54) is 6.42 Å². The van der Waals surface area contributed by atoms with Crippen LogP contribution in [0.1, 0.15) is 20.3 Å². The van der Waals surface area contributed by atoms with E-state index in [9.17, 15) is 0 Å². The van der Waals surface area contributed by atoms with E-state index >= 15 is 0 Å². The van der Waals surface area contributed by atoms with E-state index in [0.29, 0.717) is 5.95 Å². The van der Waals surface area contributed by atoms with Crippen molar-refractivity contribution in [1.82, 2.24) is 9.97 Å². The number of thioether (sulfide) groups is 1. The van der Waals surface area contributed by atoms with Crippen molar-refractivity contribution in [3.8, 4) is 0 Å². The van der Waals surface area contributed by atoms with Gasteiger partial charge >= 0.3 is 0 Å². The van der Waals surface area contributed by atoms with E-state index in [-0.39, 0.29) is 0 Å². The number of aromatic nitrogens is 2. The first kappa shape index (κ1) is 12.8. The molecule has 0 aliphatic carbocycles. The van der Waals surface area contributed by atoms with Gasteiger partial charge in [-0.2, -0.15) is 0 Å². The third-order valence-electron chi connectivity index (χ3n) is 2.14. The predicted octanol–water partition coefficient (Wildman–Crippen LogP) is 3.42. The molecule has 1 N–H and O–H groups in total. The highest BCUT2D eigenvalue weighted by molar-refractivity contribution is 9.10. The first-order valence-electron chi connectivity index (χ1n) is 5.00. The second-order valence-corrected chi connectivity index (χ2v) is 5.28. The Bertz CT molecular complexity index is 320. The molecule has 0 aliphatic rings. The van der Waals surface area contributed by atoms with Gasteiger partial charge in [-0.1, -0.05) is 20.3 Å². The molecule has 1 unspecified atom stereocenters. The standard InChI is InChI=1S/C10H16BrN3S/c1-4-7(2)6-15-9-8(11)5-13-10(12-3)14-9/h5,7H,4,6H2,1-3H3,(H,12,13,14). The van der Waals surface area contributed by atoms with Crippen LogP contribution in [-0.4, -0.2) is 22.8 Å². The maximum Gasteiger partial charge on any atom is 0.223 e. The Morgan fingerprint density at radius 2 is 2.33 bits per heavy atom. The van der Waals surface area contributed by atoms with Gasteiger partial charge in [-0.3, -0.25) is 0 Å². The van der Waals surface area contributed by atoms with Gasteiger partial charge in [0.05, 0.1) is 4.47 Å². The van der Waals surface area contributed by atoms with Crippen LogP contribution in [0.2, 0.25) is 0 Å². The summed E-state index contributed by atoms with van der Waals surface area (Å²) in [5.74, 6) is 2.48. The molecule has 1 atom stereocenters. The minimum atomic E-state index is 0.671. The Balaban J connectivity index is 2.66. The lowest BCUT2D eigenvalue weighted by Gasteiger charge is -2.09. The van der Waals surface area contributed by atoms with Crippen LogP contribution in [0.25, 0.3) is 0 Å². The molecule has 0 radical (unpaired) electrons. The molecule has 5 heteroatoms. The van der Waals surface area contributed by atoms with Crippen molar-refractivity contribution in [3.05, 3.63) is 10.7 Å². The van der Waals surface area contributed by atoms with Gasteiger partial charge in [0.25, 0.3) is 0 Å². The van der Waals surface area contributed by atoms with Gasteiger partial charge in [0, 0.05) is 19.0 Å². The van der Waals surface area contributed by atoms with Crippen LogP contribution in [0.5, 0.6) is 0 Å². The second-order valence-electron chi connectivity index (χ2n) is 3.42. The Labute approximate surface area is 104 Å². The van der Waals surface area contributed by atoms with Crippen LogP contribution >= 0.6 is 27.7 Å². The topological polar surface area (TPSA) is 37.8 Å². The molecule has 0 aliphatic heterocycles. The zero-order valence-electron chi connectivity index (χ0n) is 9.25. The SMILES string of the molecule is CCC(C)CSc1nc(NC)ncc1Br. The maximum absolute atomic E-state index is 4.39. The van der Waals surface area contributed by atoms with Crippen LogP contribution in [0.4, 0.5) is 5.95 Å². The Kier molecular flexibility index (Phi) is 5.39. The van der Waals surface area contributed by atoms with Gasteiger partial charge in [0.15, 0.2) is 0 Å². The molecule has 0 amide bonds. The van der Waals surface area contributed by atoms with Gasteiger partial charge < -0.3 is 5.32 Å². The molecule has 15 heavy (non-hydrogen) atoms. The molecule has 0 saturated carbocycles.